The van der Waals surface area contributed by atoms with Crippen LogP contribution in [0.2, 0.25) is 0 Å². The molecule has 2 aromatic rings. The Balaban J connectivity index is 2.28. The highest BCUT2D eigenvalue weighted by Gasteiger charge is 2.16. The number of phenols is 2. The number of ether oxygens (including phenoxy) is 2. The summed E-state index contributed by atoms with van der Waals surface area (Å²) in [6, 6.07) is 9.84. The van der Waals surface area contributed by atoms with Crippen molar-refractivity contribution in [3.8, 4) is 23.0 Å². The van der Waals surface area contributed by atoms with Crippen molar-refractivity contribution in [2.24, 2.45) is 0 Å². The number of esters is 1. The summed E-state index contributed by atoms with van der Waals surface area (Å²) in [5.74, 6) is -1.01. The lowest BCUT2D eigenvalue weighted by atomic mass is 10.1. The monoisotopic (exact) mass is 302 g/mol. The summed E-state index contributed by atoms with van der Waals surface area (Å²) >= 11 is 0. The first-order valence-corrected chi connectivity index (χ1v) is 6.96. The Kier molecular flexibility index (Phi) is 4.88. The van der Waals surface area contributed by atoms with E-state index in [-0.39, 0.29) is 11.3 Å². The minimum Gasteiger partial charge on any atom is -0.504 e. The summed E-state index contributed by atoms with van der Waals surface area (Å²) < 4.78 is 10.1. The molecule has 2 rings (SSSR count). The average molecular weight is 302 g/mol. The molecule has 0 amide bonds. The molecule has 22 heavy (non-hydrogen) atoms. The summed E-state index contributed by atoms with van der Waals surface area (Å²) in [5, 5.41) is 19.5. The van der Waals surface area contributed by atoms with Crippen molar-refractivity contribution in [1.29, 1.82) is 0 Å². The molecule has 0 unspecified atom stereocenters. The van der Waals surface area contributed by atoms with Crippen LogP contribution in [0.1, 0.15) is 29.3 Å². The van der Waals surface area contributed by atoms with Crippen LogP contribution < -0.4 is 4.74 Å². The van der Waals surface area contributed by atoms with Gasteiger partial charge in [-0.2, -0.15) is 0 Å². The molecule has 0 aliphatic rings. The third-order valence-electron chi connectivity index (χ3n) is 3.17. The molecule has 0 saturated carbocycles. The van der Waals surface area contributed by atoms with E-state index in [1.165, 1.54) is 18.7 Å². The summed E-state index contributed by atoms with van der Waals surface area (Å²) in [6.45, 7) is 2.10. The van der Waals surface area contributed by atoms with Gasteiger partial charge >= 0.3 is 5.97 Å². The van der Waals surface area contributed by atoms with Gasteiger partial charge in [-0.05, 0) is 36.2 Å². The molecule has 5 heteroatoms. The van der Waals surface area contributed by atoms with Crippen molar-refractivity contribution in [2.45, 2.75) is 19.8 Å². The number of hydrogen-bond donors (Lipinski definition) is 2. The fourth-order valence-corrected chi connectivity index (χ4v) is 2.05. The van der Waals surface area contributed by atoms with Gasteiger partial charge in [-0.15, -0.1) is 0 Å². The second-order valence-electron chi connectivity index (χ2n) is 4.83. The summed E-state index contributed by atoms with van der Waals surface area (Å²) in [6.07, 6.45) is 2.03. The topological polar surface area (TPSA) is 76.0 Å². The minimum atomic E-state index is -0.626. The molecule has 0 atom stereocenters. The molecule has 0 fully saturated rings. The van der Waals surface area contributed by atoms with E-state index in [4.69, 9.17) is 4.74 Å². The van der Waals surface area contributed by atoms with E-state index in [1.54, 1.807) is 12.1 Å². The van der Waals surface area contributed by atoms with Crippen molar-refractivity contribution in [1.82, 2.24) is 0 Å². The Labute approximate surface area is 128 Å². The number of carbonyl (C=O) groups excluding carboxylic acids is 1. The number of benzene rings is 2. The van der Waals surface area contributed by atoms with Gasteiger partial charge in [0.1, 0.15) is 5.75 Å². The van der Waals surface area contributed by atoms with Gasteiger partial charge in [-0.25, -0.2) is 4.79 Å². The molecule has 116 valence electrons. The van der Waals surface area contributed by atoms with Gasteiger partial charge in [0, 0.05) is 0 Å². The first kappa shape index (κ1) is 15.7. The largest absolute Gasteiger partial charge is 0.504 e. The Morgan fingerprint density at radius 2 is 1.82 bits per heavy atom. The molecule has 0 bridgehead atoms. The quantitative estimate of drug-likeness (QED) is 0.651. The number of methoxy groups -OCH3 is 1. The molecule has 0 heterocycles. The van der Waals surface area contributed by atoms with Crippen LogP contribution in [0, 0.1) is 0 Å². The van der Waals surface area contributed by atoms with Crippen molar-refractivity contribution in [3.63, 3.8) is 0 Å². The lowest BCUT2D eigenvalue weighted by Crippen LogP contribution is -2.01. The van der Waals surface area contributed by atoms with Gasteiger partial charge in [0.05, 0.1) is 12.7 Å². The lowest BCUT2D eigenvalue weighted by Gasteiger charge is -2.11. The molecule has 5 nitrogen and oxygen atoms in total. The van der Waals surface area contributed by atoms with Gasteiger partial charge in [-0.3, -0.25) is 0 Å². The third kappa shape index (κ3) is 3.49. The van der Waals surface area contributed by atoms with Gasteiger partial charge in [0.25, 0.3) is 0 Å². The van der Waals surface area contributed by atoms with Gasteiger partial charge in [0.2, 0.25) is 5.75 Å². The van der Waals surface area contributed by atoms with Crippen LogP contribution in [0.3, 0.4) is 0 Å². The number of aromatic hydroxyl groups is 2. The average Bonchev–Trinajstić information content (AvgIpc) is 2.53. The predicted molar refractivity (Wildman–Crippen MR) is 81.6 cm³/mol. The van der Waals surface area contributed by atoms with Gasteiger partial charge in [-0.1, -0.05) is 25.5 Å². The number of aryl methyl sites for hydroxylation is 1. The highest BCUT2D eigenvalue weighted by molar-refractivity contribution is 5.91. The van der Waals surface area contributed by atoms with Crippen LogP contribution in [0.5, 0.6) is 23.0 Å². The fraction of sp³-hybridized carbons (Fsp3) is 0.235. The van der Waals surface area contributed by atoms with Crippen LogP contribution in [0.15, 0.2) is 36.4 Å². The highest BCUT2D eigenvalue weighted by Crippen LogP contribution is 2.39. The van der Waals surface area contributed by atoms with E-state index in [9.17, 15) is 15.0 Å². The second kappa shape index (κ2) is 6.85. The fourth-order valence-electron chi connectivity index (χ4n) is 2.05. The predicted octanol–water partition coefficient (Wildman–Crippen LogP) is 3.63. The molecule has 2 aromatic carbocycles. The standard InChI is InChI=1S/C17H18O5/c1-3-4-11-5-7-13(8-6-11)22-15-10-12(17(20)21-2)9-14(18)16(15)19/h5-10,18-19H,3-4H2,1-2H3. The molecular weight excluding hydrogens is 284 g/mol. The zero-order chi connectivity index (χ0) is 16.1. The maximum Gasteiger partial charge on any atom is 0.338 e. The Morgan fingerprint density at radius 1 is 1.14 bits per heavy atom. The maximum absolute atomic E-state index is 11.5. The van der Waals surface area contributed by atoms with Gasteiger partial charge in [0.15, 0.2) is 11.5 Å². The molecule has 2 N–H and O–H groups in total. The second-order valence-corrected chi connectivity index (χ2v) is 4.83. The van der Waals surface area contributed by atoms with Crippen molar-refractivity contribution >= 4 is 5.97 Å². The number of rotatable bonds is 5. The molecule has 0 aliphatic carbocycles. The maximum atomic E-state index is 11.5. The van der Waals surface area contributed by atoms with Crippen LogP contribution in [-0.4, -0.2) is 23.3 Å². The van der Waals surface area contributed by atoms with E-state index < -0.39 is 17.5 Å². The summed E-state index contributed by atoms with van der Waals surface area (Å²) in [7, 11) is 1.24. The molecule has 0 saturated heterocycles. The van der Waals surface area contributed by atoms with Crippen molar-refractivity contribution in [3.05, 3.63) is 47.5 Å². The van der Waals surface area contributed by atoms with Crippen LogP contribution in [0.25, 0.3) is 0 Å². The Bertz CT molecular complexity index is 661. The smallest absolute Gasteiger partial charge is 0.338 e. The van der Waals surface area contributed by atoms with Gasteiger partial charge < -0.3 is 19.7 Å². The molecular formula is C17H18O5. The Morgan fingerprint density at radius 3 is 2.41 bits per heavy atom. The molecule has 0 radical (unpaired) electrons. The molecule has 0 aliphatic heterocycles. The molecule has 0 spiro atoms. The summed E-state index contributed by atoms with van der Waals surface area (Å²) in [5.41, 5.74) is 1.28. The van der Waals surface area contributed by atoms with E-state index in [0.717, 1.165) is 18.9 Å². The van der Waals surface area contributed by atoms with E-state index in [1.807, 2.05) is 12.1 Å². The van der Waals surface area contributed by atoms with Crippen LogP contribution >= 0.6 is 0 Å². The lowest BCUT2D eigenvalue weighted by molar-refractivity contribution is 0.0600. The first-order chi connectivity index (χ1) is 10.5. The van der Waals surface area contributed by atoms with E-state index >= 15 is 0 Å². The van der Waals surface area contributed by atoms with E-state index in [0.29, 0.717) is 5.75 Å². The minimum absolute atomic E-state index is 0.0105. The van der Waals surface area contributed by atoms with Crippen LogP contribution in [0.4, 0.5) is 0 Å². The molecule has 0 aromatic heterocycles. The number of hydrogen-bond acceptors (Lipinski definition) is 5. The zero-order valence-electron chi connectivity index (χ0n) is 12.5. The number of carbonyl (C=O) groups is 1. The van der Waals surface area contributed by atoms with Crippen molar-refractivity contribution < 1.29 is 24.5 Å². The Hall–Kier alpha value is -2.69. The SMILES string of the molecule is CCCc1ccc(Oc2cc(C(=O)OC)cc(O)c2O)cc1. The van der Waals surface area contributed by atoms with Crippen molar-refractivity contribution in [2.75, 3.05) is 7.11 Å². The zero-order valence-corrected chi connectivity index (χ0v) is 12.5. The summed E-state index contributed by atoms with van der Waals surface area (Å²) in [4.78, 5) is 11.5. The third-order valence-corrected chi connectivity index (χ3v) is 3.17. The normalized spacial score (nSPS) is 10.3. The number of phenolic OH excluding ortho intramolecular Hbond substituents is 2. The first-order valence-electron chi connectivity index (χ1n) is 6.96. The highest BCUT2D eigenvalue weighted by atomic mass is 16.5. The van der Waals surface area contributed by atoms with Crippen LogP contribution in [-0.2, 0) is 11.2 Å². The van der Waals surface area contributed by atoms with E-state index in [2.05, 4.69) is 11.7 Å².